The molecule has 5 nitrogen and oxygen atoms in total. The summed E-state index contributed by atoms with van der Waals surface area (Å²) in [6.45, 7) is 1.86. The lowest BCUT2D eigenvalue weighted by molar-refractivity contribution is -0.145. The number of hydrogen-bond acceptors (Lipinski definition) is 5. The van der Waals surface area contributed by atoms with Gasteiger partial charge in [0.2, 0.25) is 0 Å². The minimum absolute atomic E-state index is 0.103. The number of azo groups is 1. The van der Waals surface area contributed by atoms with Crippen LogP contribution in [0.5, 0.6) is 0 Å². The van der Waals surface area contributed by atoms with Crippen molar-refractivity contribution in [2.45, 2.75) is 13.3 Å². The molecule has 1 aromatic rings. The Morgan fingerprint density at radius 3 is 2.59 bits per heavy atom. The summed E-state index contributed by atoms with van der Waals surface area (Å²) in [4.78, 5) is 22.2. The first-order chi connectivity index (χ1) is 8.22. The molecule has 1 rings (SSSR count). The van der Waals surface area contributed by atoms with E-state index < -0.39 is 5.97 Å². The standard InChI is InChI=1S/C12H14N2O3/c1-2-17-12(16)8-11(15)9-13-14-10-6-4-3-5-7-10/h3-7H,2,8-9H2,1H3. The van der Waals surface area contributed by atoms with Crippen molar-refractivity contribution in [1.29, 1.82) is 0 Å². The zero-order valence-electron chi connectivity index (χ0n) is 9.63. The molecule has 1 aromatic carbocycles. The number of Topliss-reactive ketones (excluding diaryl/α,β-unsaturated/α-hetero) is 1. The first-order valence-electron chi connectivity index (χ1n) is 5.32. The molecule has 0 aromatic heterocycles. The molecular weight excluding hydrogens is 220 g/mol. The lowest BCUT2D eigenvalue weighted by atomic mass is 10.3. The molecule has 0 atom stereocenters. The fourth-order valence-corrected chi connectivity index (χ4v) is 1.12. The monoisotopic (exact) mass is 234 g/mol. The van der Waals surface area contributed by atoms with Gasteiger partial charge >= 0.3 is 5.97 Å². The Balaban J connectivity index is 2.33. The molecule has 0 aliphatic rings. The summed E-state index contributed by atoms with van der Waals surface area (Å²) in [5.41, 5.74) is 0.677. The molecule has 5 heteroatoms. The van der Waals surface area contributed by atoms with E-state index in [9.17, 15) is 9.59 Å². The van der Waals surface area contributed by atoms with Crippen molar-refractivity contribution in [3.05, 3.63) is 30.3 Å². The molecule has 0 saturated heterocycles. The van der Waals surface area contributed by atoms with Crippen molar-refractivity contribution < 1.29 is 14.3 Å². The molecule has 0 radical (unpaired) electrons. The number of esters is 1. The van der Waals surface area contributed by atoms with E-state index in [1.165, 1.54) is 0 Å². The Kier molecular flexibility index (Phi) is 5.57. The maximum absolute atomic E-state index is 11.3. The van der Waals surface area contributed by atoms with Crippen LogP contribution in [0.15, 0.2) is 40.6 Å². The van der Waals surface area contributed by atoms with Gasteiger partial charge in [-0.15, -0.1) is 0 Å². The van der Waals surface area contributed by atoms with E-state index in [1.807, 2.05) is 18.2 Å². The number of nitrogens with zero attached hydrogens (tertiary/aromatic N) is 2. The van der Waals surface area contributed by atoms with E-state index in [2.05, 4.69) is 15.0 Å². The van der Waals surface area contributed by atoms with Crippen molar-refractivity contribution in [3.8, 4) is 0 Å². The summed E-state index contributed by atoms with van der Waals surface area (Å²) in [6.07, 6.45) is -0.248. The Labute approximate surface area is 99.5 Å². The van der Waals surface area contributed by atoms with Crippen LogP contribution >= 0.6 is 0 Å². The Hall–Kier alpha value is -2.04. The quantitative estimate of drug-likeness (QED) is 0.431. The number of carbonyl (C=O) groups excluding carboxylic acids is 2. The van der Waals surface area contributed by atoms with Crippen LogP contribution in [-0.2, 0) is 14.3 Å². The van der Waals surface area contributed by atoms with Crippen molar-refractivity contribution in [2.24, 2.45) is 10.2 Å². The molecule has 0 unspecified atom stereocenters. The highest BCUT2D eigenvalue weighted by atomic mass is 16.5. The van der Waals surface area contributed by atoms with Crippen LogP contribution in [0.2, 0.25) is 0 Å². The highest BCUT2D eigenvalue weighted by Gasteiger charge is 2.09. The smallest absolute Gasteiger partial charge is 0.313 e. The van der Waals surface area contributed by atoms with E-state index in [-0.39, 0.29) is 25.4 Å². The van der Waals surface area contributed by atoms with Crippen LogP contribution in [-0.4, -0.2) is 24.9 Å². The molecule has 17 heavy (non-hydrogen) atoms. The molecule has 0 aliphatic carbocycles. The van der Waals surface area contributed by atoms with Crippen LogP contribution < -0.4 is 0 Å². The summed E-state index contributed by atoms with van der Waals surface area (Å²) in [7, 11) is 0. The van der Waals surface area contributed by atoms with E-state index in [0.29, 0.717) is 5.69 Å². The van der Waals surface area contributed by atoms with Crippen molar-refractivity contribution in [3.63, 3.8) is 0 Å². The van der Waals surface area contributed by atoms with E-state index in [1.54, 1.807) is 19.1 Å². The largest absolute Gasteiger partial charge is 0.466 e. The van der Waals surface area contributed by atoms with E-state index in [0.717, 1.165) is 0 Å². The summed E-state index contributed by atoms with van der Waals surface area (Å²) in [6, 6.07) is 9.08. The van der Waals surface area contributed by atoms with Gasteiger partial charge in [-0.05, 0) is 19.1 Å². The first kappa shape index (κ1) is 13.0. The van der Waals surface area contributed by atoms with Crippen molar-refractivity contribution >= 4 is 17.4 Å². The van der Waals surface area contributed by atoms with E-state index >= 15 is 0 Å². The zero-order chi connectivity index (χ0) is 12.5. The number of ketones is 1. The van der Waals surface area contributed by atoms with Gasteiger partial charge in [0.25, 0.3) is 0 Å². The maximum atomic E-state index is 11.3. The van der Waals surface area contributed by atoms with Crippen LogP contribution in [0.3, 0.4) is 0 Å². The van der Waals surface area contributed by atoms with Crippen LogP contribution in [0.25, 0.3) is 0 Å². The van der Waals surface area contributed by atoms with Gasteiger partial charge in [-0.25, -0.2) is 0 Å². The SMILES string of the molecule is CCOC(=O)CC(=O)CN=Nc1ccccc1. The average molecular weight is 234 g/mol. The third-order valence-corrected chi connectivity index (χ3v) is 1.84. The molecule has 0 aliphatic heterocycles. The average Bonchev–Trinajstić information content (AvgIpc) is 2.30. The second-order valence-electron chi connectivity index (χ2n) is 3.26. The lowest BCUT2D eigenvalue weighted by Crippen LogP contribution is -2.12. The third kappa shape index (κ3) is 5.55. The minimum Gasteiger partial charge on any atom is -0.466 e. The second-order valence-corrected chi connectivity index (χ2v) is 3.26. The van der Waals surface area contributed by atoms with Gasteiger partial charge < -0.3 is 4.74 Å². The topological polar surface area (TPSA) is 68.1 Å². The number of benzene rings is 1. The maximum Gasteiger partial charge on any atom is 0.313 e. The molecule has 0 spiro atoms. The molecule has 0 heterocycles. The van der Waals surface area contributed by atoms with Gasteiger partial charge in [0, 0.05) is 0 Å². The Morgan fingerprint density at radius 1 is 1.24 bits per heavy atom. The predicted molar refractivity (Wildman–Crippen MR) is 62.1 cm³/mol. The van der Waals surface area contributed by atoms with Crippen molar-refractivity contribution in [1.82, 2.24) is 0 Å². The first-order valence-corrected chi connectivity index (χ1v) is 5.32. The van der Waals surface area contributed by atoms with Crippen LogP contribution in [0, 0.1) is 0 Å². The molecular formula is C12H14N2O3. The summed E-state index contributed by atoms with van der Waals surface area (Å²) >= 11 is 0. The third-order valence-electron chi connectivity index (χ3n) is 1.84. The second kappa shape index (κ2) is 7.27. The van der Waals surface area contributed by atoms with Gasteiger partial charge in [-0.2, -0.15) is 10.2 Å². The molecule has 0 fully saturated rings. The van der Waals surface area contributed by atoms with Crippen molar-refractivity contribution in [2.75, 3.05) is 13.2 Å². The minimum atomic E-state index is -0.521. The number of ether oxygens (including phenoxy) is 1. The fraction of sp³-hybridized carbons (Fsp3) is 0.333. The van der Waals surface area contributed by atoms with Gasteiger partial charge in [0.1, 0.15) is 13.0 Å². The highest BCUT2D eigenvalue weighted by molar-refractivity contribution is 5.96. The Morgan fingerprint density at radius 2 is 1.94 bits per heavy atom. The van der Waals surface area contributed by atoms with Crippen LogP contribution in [0.1, 0.15) is 13.3 Å². The molecule has 0 N–H and O–H groups in total. The van der Waals surface area contributed by atoms with Gasteiger partial charge in [0.05, 0.1) is 12.3 Å². The fourth-order valence-electron chi connectivity index (χ4n) is 1.12. The molecule has 0 amide bonds. The highest BCUT2D eigenvalue weighted by Crippen LogP contribution is 2.09. The lowest BCUT2D eigenvalue weighted by Gasteiger charge is -1.98. The zero-order valence-corrected chi connectivity index (χ0v) is 9.63. The molecule has 0 bridgehead atoms. The number of hydrogen-bond donors (Lipinski definition) is 0. The summed E-state index contributed by atoms with van der Waals surface area (Å²) in [5.74, 6) is -0.824. The normalized spacial score (nSPS) is 10.4. The molecule has 0 saturated carbocycles. The Bertz CT molecular complexity index is 401. The molecule has 90 valence electrons. The number of rotatable bonds is 6. The summed E-state index contributed by atoms with van der Waals surface area (Å²) < 4.78 is 4.65. The van der Waals surface area contributed by atoms with Crippen LogP contribution in [0.4, 0.5) is 5.69 Å². The number of carbonyl (C=O) groups is 2. The van der Waals surface area contributed by atoms with Gasteiger partial charge in [-0.1, -0.05) is 18.2 Å². The van der Waals surface area contributed by atoms with Gasteiger partial charge in [0.15, 0.2) is 5.78 Å². The predicted octanol–water partition coefficient (Wildman–Crippen LogP) is 2.29. The van der Waals surface area contributed by atoms with Gasteiger partial charge in [-0.3, -0.25) is 9.59 Å². The summed E-state index contributed by atoms with van der Waals surface area (Å²) in [5, 5.41) is 7.57. The van der Waals surface area contributed by atoms with E-state index in [4.69, 9.17) is 0 Å².